The van der Waals surface area contributed by atoms with E-state index in [4.69, 9.17) is 15.0 Å². The fraction of sp³-hybridized carbons (Fsp3) is 0.312. The maximum absolute atomic E-state index is 9.98. The van der Waals surface area contributed by atoms with Crippen LogP contribution in [0.15, 0.2) is 78.9 Å². The predicted molar refractivity (Wildman–Crippen MR) is 139 cm³/mol. The minimum absolute atomic E-state index is 0.222. The van der Waals surface area contributed by atoms with Gasteiger partial charge in [0.25, 0.3) is 0 Å². The molecule has 2 bridgehead atoms. The standard InChI is InChI=1S/C32H26N4/c33-18-20-11-23(13-24(12-20)31-16-26-14-25-15-27(17-31)32(25,26)19-31)30-35-28(21-7-3-1-4-8-21)34-29(36-30)22-9-5-2-6-10-22/h1-13,25-27H,14-17,19H2/t25?,26-,27+,31?,32+. The quantitative estimate of drug-likeness (QED) is 0.331. The molecule has 4 aliphatic carbocycles. The van der Waals surface area contributed by atoms with Crippen LogP contribution in [0.5, 0.6) is 0 Å². The van der Waals surface area contributed by atoms with Crippen LogP contribution < -0.4 is 0 Å². The highest BCUT2D eigenvalue weighted by Gasteiger charge is 2.77. The fourth-order valence-corrected chi connectivity index (χ4v) is 8.48. The minimum atomic E-state index is 0.222. The van der Waals surface area contributed by atoms with Gasteiger partial charge in [0.1, 0.15) is 0 Å². The lowest BCUT2D eigenvalue weighted by Crippen LogP contribution is -2.59. The first-order valence-electron chi connectivity index (χ1n) is 13.1. The van der Waals surface area contributed by atoms with Crippen molar-refractivity contribution < 1.29 is 0 Å². The summed E-state index contributed by atoms with van der Waals surface area (Å²) in [6.45, 7) is 0. The Balaban J connectivity index is 1.29. The van der Waals surface area contributed by atoms with Gasteiger partial charge in [0.15, 0.2) is 17.5 Å². The second-order valence-electron chi connectivity index (χ2n) is 11.5. The molecule has 4 heteroatoms. The van der Waals surface area contributed by atoms with Gasteiger partial charge in [-0.25, -0.2) is 15.0 Å². The molecule has 4 nitrogen and oxygen atoms in total. The molecular formula is C32H26N4. The molecule has 4 aromatic rings. The molecule has 4 fully saturated rings. The summed E-state index contributed by atoms with van der Waals surface area (Å²) in [6, 6.07) is 29.0. The highest BCUT2D eigenvalue weighted by Crippen LogP contribution is 2.84. The molecule has 36 heavy (non-hydrogen) atoms. The van der Waals surface area contributed by atoms with E-state index in [0.29, 0.717) is 28.5 Å². The first-order chi connectivity index (χ1) is 17.7. The normalized spacial score (nSPS) is 30.7. The molecule has 0 saturated heterocycles. The predicted octanol–water partition coefficient (Wildman–Crippen LogP) is 6.82. The van der Waals surface area contributed by atoms with E-state index in [1.807, 2.05) is 66.7 Å². The second-order valence-corrected chi connectivity index (χ2v) is 11.5. The third-order valence-electron chi connectivity index (χ3n) is 9.97. The van der Waals surface area contributed by atoms with Crippen molar-refractivity contribution in [3.8, 4) is 40.2 Å². The van der Waals surface area contributed by atoms with E-state index in [-0.39, 0.29) is 5.41 Å². The average Bonchev–Trinajstić information content (AvgIpc) is 3.43. The Labute approximate surface area is 211 Å². The Hall–Kier alpha value is -3.84. The first kappa shape index (κ1) is 20.4. The number of nitriles is 1. The van der Waals surface area contributed by atoms with Crippen molar-refractivity contribution in [2.24, 2.45) is 23.2 Å². The number of fused-ring (bicyclic) bond motifs is 1. The second kappa shape index (κ2) is 7.11. The highest BCUT2D eigenvalue weighted by atomic mass is 15.0. The zero-order chi connectivity index (χ0) is 23.9. The summed E-state index contributed by atoms with van der Waals surface area (Å²) in [5, 5.41) is 9.98. The van der Waals surface area contributed by atoms with Gasteiger partial charge in [-0.1, -0.05) is 60.7 Å². The summed E-state index contributed by atoms with van der Waals surface area (Å²) in [4.78, 5) is 14.7. The summed E-state index contributed by atoms with van der Waals surface area (Å²) in [7, 11) is 0. The lowest BCUT2D eigenvalue weighted by Gasteiger charge is -2.66. The van der Waals surface area contributed by atoms with E-state index < -0.39 is 0 Å². The number of rotatable bonds is 4. The van der Waals surface area contributed by atoms with Gasteiger partial charge in [-0.2, -0.15) is 5.26 Å². The van der Waals surface area contributed by atoms with E-state index in [1.54, 1.807) is 0 Å². The van der Waals surface area contributed by atoms with Crippen LogP contribution in [0.1, 0.15) is 43.2 Å². The molecule has 174 valence electrons. The molecule has 0 N–H and O–H groups in total. The van der Waals surface area contributed by atoms with Crippen molar-refractivity contribution >= 4 is 0 Å². The molecule has 3 aromatic carbocycles. The molecular weight excluding hydrogens is 440 g/mol. The van der Waals surface area contributed by atoms with Crippen LogP contribution in [-0.2, 0) is 5.41 Å². The summed E-state index contributed by atoms with van der Waals surface area (Å²) >= 11 is 0. The largest absolute Gasteiger partial charge is 0.208 e. The lowest BCUT2D eigenvalue weighted by atomic mass is 9.38. The Morgan fingerprint density at radius 1 is 0.667 bits per heavy atom. The van der Waals surface area contributed by atoms with Gasteiger partial charge >= 0.3 is 0 Å². The molecule has 0 radical (unpaired) electrons. The molecule has 1 aromatic heterocycles. The number of hydrogen-bond acceptors (Lipinski definition) is 4. The molecule has 4 saturated carbocycles. The molecule has 0 aliphatic heterocycles. The molecule has 5 atom stereocenters. The summed E-state index contributed by atoms with van der Waals surface area (Å²) in [6.07, 6.45) is 6.75. The molecule has 4 aliphatic rings. The monoisotopic (exact) mass is 466 g/mol. The van der Waals surface area contributed by atoms with Crippen molar-refractivity contribution in [1.29, 1.82) is 5.26 Å². The van der Waals surface area contributed by atoms with E-state index in [9.17, 15) is 5.26 Å². The van der Waals surface area contributed by atoms with Gasteiger partial charge in [0, 0.05) is 16.7 Å². The van der Waals surface area contributed by atoms with Crippen molar-refractivity contribution in [2.45, 2.75) is 37.5 Å². The first-order valence-corrected chi connectivity index (χ1v) is 13.1. The van der Waals surface area contributed by atoms with Crippen LogP contribution in [-0.4, -0.2) is 15.0 Å². The Morgan fingerprint density at radius 2 is 1.22 bits per heavy atom. The van der Waals surface area contributed by atoms with Crippen LogP contribution in [0.2, 0.25) is 0 Å². The Kier molecular flexibility index (Phi) is 4.02. The fourth-order valence-electron chi connectivity index (χ4n) is 8.48. The van der Waals surface area contributed by atoms with Crippen LogP contribution >= 0.6 is 0 Å². The number of benzene rings is 3. The maximum atomic E-state index is 9.98. The van der Waals surface area contributed by atoms with Gasteiger partial charge in [-0.15, -0.1) is 0 Å². The van der Waals surface area contributed by atoms with Crippen LogP contribution in [0.4, 0.5) is 0 Å². The molecule has 0 amide bonds. The summed E-state index contributed by atoms with van der Waals surface area (Å²) < 4.78 is 0. The highest BCUT2D eigenvalue weighted by molar-refractivity contribution is 5.68. The van der Waals surface area contributed by atoms with Crippen molar-refractivity contribution in [2.75, 3.05) is 0 Å². The SMILES string of the molecule is N#Cc1cc(-c2nc(-c3ccccc3)nc(-c3ccccc3)n2)cc(C23C[C@H]4CC5C[C@@H](C2)[C@@]54C3)c1. The van der Waals surface area contributed by atoms with E-state index >= 15 is 0 Å². The van der Waals surface area contributed by atoms with Gasteiger partial charge < -0.3 is 0 Å². The van der Waals surface area contributed by atoms with Crippen LogP contribution in [0.3, 0.4) is 0 Å². The molecule has 1 heterocycles. The minimum Gasteiger partial charge on any atom is -0.208 e. The van der Waals surface area contributed by atoms with Crippen molar-refractivity contribution in [1.82, 2.24) is 15.0 Å². The van der Waals surface area contributed by atoms with Crippen LogP contribution in [0, 0.1) is 34.5 Å². The van der Waals surface area contributed by atoms with Gasteiger partial charge in [-0.3, -0.25) is 0 Å². The Bertz CT molecular complexity index is 1480. The molecule has 1 spiro atoms. The van der Waals surface area contributed by atoms with Crippen molar-refractivity contribution in [3.05, 3.63) is 90.0 Å². The van der Waals surface area contributed by atoms with Gasteiger partial charge in [-0.05, 0) is 84.5 Å². The van der Waals surface area contributed by atoms with Crippen LogP contribution in [0.25, 0.3) is 34.2 Å². The summed E-state index contributed by atoms with van der Waals surface area (Å²) in [5.41, 5.74) is 5.72. The molecule has 8 rings (SSSR count). The lowest BCUT2D eigenvalue weighted by molar-refractivity contribution is -0.175. The van der Waals surface area contributed by atoms with Gasteiger partial charge in [0.2, 0.25) is 0 Å². The zero-order valence-electron chi connectivity index (χ0n) is 20.1. The smallest absolute Gasteiger partial charge is 0.164 e. The third-order valence-corrected chi connectivity index (χ3v) is 9.97. The van der Waals surface area contributed by atoms with Gasteiger partial charge in [0.05, 0.1) is 11.6 Å². The van der Waals surface area contributed by atoms with Crippen molar-refractivity contribution in [3.63, 3.8) is 0 Å². The third kappa shape index (κ3) is 2.66. The number of nitrogens with zero attached hydrogens (tertiary/aromatic N) is 4. The molecule has 2 unspecified atom stereocenters. The zero-order valence-corrected chi connectivity index (χ0v) is 20.1. The Morgan fingerprint density at radius 3 is 1.72 bits per heavy atom. The summed E-state index contributed by atoms with van der Waals surface area (Å²) in [5.74, 6) is 4.71. The van der Waals surface area contributed by atoms with E-state index in [2.05, 4.69) is 18.2 Å². The maximum Gasteiger partial charge on any atom is 0.164 e. The van der Waals surface area contributed by atoms with E-state index in [0.717, 1.165) is 34.4 Å². The topological polar surface area (TPSA) is 62.5 Å². The number of hydrogen-bond donors (Lipinski definition) is 0. The number of aromatic nitrogens is 3. The van der Waals surface area contributed by atoms with E-state index in [1.165, 1.54) is 37.7 Å². The average molecular weight is 467 g/mol.